The van der Waals surface area contributed by atoms with Crippen molar-refractivity contribution in [3.8, 4) is 0 Å². The predicted octanol–water partition coefficient (Wildman–Crippen LogP) is 1.06. The lowest BCUT2D eigenvalue weighted by atomic mass is 9.80. The van der Waals surface area contributed by atoms with Crippen LogP contribution in [0.3, 0.4) is 0 Å². The molecule has 2 fully saturated rings. The van der Waals surface area contributed by atoms with E-state index in [1.807, 2.05) is 12.1 Å². The third-order valence-electron chi connectivity index (χ3n) is 3.28. The monoisotopic (exact) mass is 168 g/mol. The highest BCUT2D eigenvalue weighted by atomic mass is 16.2. The number of carbonyl (C=O) groups excluding carboxylic acids is 1. The summed E-state index contributed by atoms with van der Waals surface area (Å²) >= 11 is 0. The first kappa shape index (κ1) is 8.05. The van der Waals surface area contributed by atoms with Crippen molar-refractivity contribution in [1.82, 2.24) is 10.4 Å². The molecular formula is C9H16N2O. The first-order valence-electron chi connectivity index (χ1n) is 4.76. The summed E-state index contributed by atoms with van der Waals surface area (Å²) in [5, 5.41) is 2.04. The summed E-state index contributed by atoms with van der Waals surface area (Å²) in [4.78, 5) is 11.2. The van der Waals surface area contributed by atoms with Gasteiger partial charge >= 0.3 is 0 Å². The molecule has 0 aromatic carbocycles. The smallest absolute Gasteiger partial charge is 0.236 e. The van der Waals surface area contributed by atoms with Gasteiger partial charge in [0.15, 0.2) is 0 Å². The molecule has 68 valence electrons. The van der Waals surface area contributed by atoms with E-state index < -0.39 is 0 Å². The summed E-state index contributed by atoms with van der Waals surface area (Å²) in [7, 11) is 2.00. The first-order valence-corrected chi connectivity index (χ1v) is 4.76. The number of rotatable bonds is 0. The van der Waals surface area contributed by atoms with Crippen LogP contribution in [0.25, 0.3) is 0 Å². The van der Waals surface area contributed by atoms with Crippen molar-refractivity contribution in [2.24, 2.45) is 0 Å². The Morgan fingerprint density at radius 1 is 1.33 bits per heavy atom. The molecule has 1 heterocycles. The maximum atomic E-state index is 11.2. The Balaban J connectivity index is 2.13. The van der Waals surface area contributed by atoms with Crippen LogP contribution >= 0.6 is 0 Å². The molecule has 1 aliphatic carbocycles. The fourth-order valence-corrected chi connectivity index (χ4v) is 2.48. The zero-order chi connectivity index (χ0) is 8.60. The largest absolute Gasteiger partial charge is 0.289 e. The van der Waals surface area contributed by atoms with Crippen LogP contribution in [0.4, 0.5) is 0 Å². The second-order valence-electron chi connectivity index (χ2n) is 4.06. The van der Waals surface area contributed by atoms with E-state index in [-0.39, 0.29) is 11.4 Å². The summed E-state index contributed by atoms with van der Waals surface area (Å²) in [5.74, 6) is 0.194. The lowest BCUT2D eigenvalue weighted by Crippen LogP contribution is -2.46. The van der Waals surface area contributed by atoms with E-state index in [4.69, 9.17) is 0 Å². The highest BCUT2D eigenvalue weighted by Gasteiger charge is 2.43. The average Bonchev–Trinajstić information content (AvgIpc) is 2.29. The zero-order valence-electron chi connectivity index (χ0n) is 7.60. The second kappa shape index (κ2) is 2.73. The third-order valence-corrected chi connectivity index (χ3v) is 3.28. The van der Waals surface area contributed by atoms with Crippen molar-refractivity contribution in [2.45, 2.75) is 44.1 Å². The molecule has 1 saturated heterocycles. The molecule has 0 radical (unpaired) electrons. The minimum absolute atomic E-state index is 0.176. The van der Waals surface area contributed by atoms with Gasteiger partial charge in [-0.25, -0.2) is 5.01 Å². The fourth-order valence-electron chi connectivity index (χ4n) is 2.48. The van der Waals surface area contributed by atoms with Crippen LogP contribution < -0.4 is 5.43 Å². The lowest BCUT2D eigenvalue weighted by Gasteiger charge is -2.37. The number of hydrazine groups is 1. The molecule has 0 unspecified atom stereocenters. The van der Waals surface area contributed by atoms with Gasteiger partial charge < -0.3 is 0 Å². The number of nitrogens with zero attached hydrogens (tertiary/aromatic N) is 1. The van der Waals surface area contributed by atoms with Crippen molar-refractivity contribution in [3.63, 3.8) is 0 Å². The van der Waals surface area contributed by atoms with E-state index in [9.17, 15) is 4.79 Å². The summed E-state index contributed by atoms with van der Waals surface area (Å²) in [6.45, 7) is 0. The Labute approximate surface area is 73.1 Å². The highest BCUT2D eigenvalue weighted by Crippen LogP contribution is 2.37. The second-order valence-corrected chi connectivity index (χ2v) is 4.06. The molecule has 2 rings (SSSR count). The van der Waals surface area contributed by atoms with Crippen LogP contribution in [0.2, 0.25) is 0 Å². The van der Waals surface area contributed by atoms with Gasteiger partial charge in [-0.3, -0.25) is 10.2 Å². The first-order chi connectivity index (χ1) is 5.73. The van der Waals surface area contributed by atoms with Crippen molar-refractivity contribution in [2.75, 3.05) is 7.05 Å². The molecule has 1 aliphatic heterocycles. The summed E-state index contributed by atoms with van der Waals surface area (Å²) < 4.78 is 0. The van der Waals surface area contributed by atoms with Gasteiger partial charge in [-0.2, -0.15) is 0 Å². The van der Waals surface area contributed by atoms with E-state index in [1.165, 1.54) is 32.1 Å². The summed E-state index contributed by atoms with van der Waals surface area (Å²) in [6.07, 6.45) is 6.97. The van der Waals surface area contributed by atoms with Crippen LogP contribution in [-0.4, -0.2) is 23.5 Å². The minimum atomic E-state index is 0.176. The van der Waals surface area contributed by atoms with Crippen molar-refractivity contribution < 1.29 is 4.79 Å². The number of hydrogen-bond donors (Lipinski definition) is 1. The molecule has 12 heavy (non-hydrogen) atoms. The van der Waals surface area contributed by atoms with E-state index >= 15 is 0 Å². The van der Waals surface area contributed by atoms with Crippen LogP contribution in [0.5, 0.6) is 0 Å². The van der Waals surface area contributed by atoms with Gasteiger partial charge in [-0.1, -0.05) is 19.3 Å². The molecule has 3 heteroatoms. The lowest BCUT2D eigenvalue weighted by molar-refractivity contribution is -0.120. The maximum absolute atomic E-state index is 11.2. The number of nitrogens with one attached hydrogen (secondary N) is 1. The van der Waals surface area contributed by atoms with Gasteiger partial charge in [0.2, 0.25) is 5.91 Å². The van der Waals surface area contributed by atoms with E-state index in [2.05, 4.69) is 5.43 Å². The maximum Gasteiger partial charge on any atom is 0.236 e. The van der Waals surface area contributed by atoms with Crippen LogP contribution in [0, 0.1) is 0 Å². The molecule has 0 aromatic heterocycles. The molecule has 0 atom stereocenters. The van der Waals surface area contributed by atoms with Gasteiger partial charge in [0, 0.05) is 19.0 Å². The molecular weight excluding hydrogens is 152 g/mol. The Bertz CT molecular complexity index is 197. The zero-order valence-corrected chi connectivity index (χ0v) is 7.60. The van der Waals surface area contributed by atoms with Gasteiger partial charge in [0.25, 0.3) is 0 Å². The molecule has 0 aromatic rings. The number of amides is 1. The molecule has 1 saturated carbocycles. The van der Waals surface area contributed by atoms with Gasteiger partial charge in [-0.15, -0.1) is 0 Å². The fraction of sp³-hybridized carbons (Fsp3) is 0.889. The Kier molecular flexibility index (Phi) is 1.83. The Hall–Kier alpha value is -0.570. The normalized spacial score (nSPS) is 29.2. The minimum Gasteiger partial charge on any atom is -0.289 e. The quantitative estimate of drug-likeness (QED) is 0.586. The van der Waals surface area contributed by atoms with E-state index in [1.54, 1.807) is 0 Å². The third kappa shape index (κ3) is 1.12. The summed E-state index contributed by atoms with van der Waals surface area (Å²) in [5.41, 5.74) is 3.05. The predicted molar refractivity (Wildman–Crippen MR) is 46.3 cm³/mol. The van der Waals surface area contributed by atoms with Gasteiger partial charge in [-0.05, 0) is 12.8 Å². The summed E-state index contributed by atoms with van der Waals surface area (Å²) in [6, 6.07) is 0. The Morgan fingerprint density at radius 3 is 2.50 bits per heavy atom. The molecule has 0 bridgehead atoms. The number of hydrogen-bond acceptors (Lipinski definition) is 2. The molecule has 1 amide bonds. The molecule has 2 aliphatic rings. The molecule has 3 nitrogen and oxygen atoms in total. The highest BCUT2D eigenvalue weighted by molar-refractivity contribution is 5.79. The van der Waals surface area contributed by atoms with Crippen LogP contribution in [0.15, 0.2) is 0 Å². The van der Waals surface area contributed by atoms with Crippen LogP contribution in [-0.2, 0) is 4.79 Å². The van der Waals surface area contributed by atoms with Crippen molar-refractivity contribution in [1.29, 1.82) is 0 Å². The van der Waals surface area contributed by atoms with E-state index in [0.717, 1.165) is 0 Å². The standard InChI is InChI=1S/C9H16N2O/c1-11-9(7-8(12)10-11)5-3-2-4-6-9/h2-7H2,1H3,(H,10,12). The van der Waals surface area contributed by atoms with Gasteiger partial charge in [0.05, 0.1) is 0 Å². The topological polar surface area (TPSA) is 32.3 Å². The van der Waals surface area contributed by atoms with Crippen LogP contribution in [0.1, 0.15) is 38.5 Å². The van der Waals surface area contributed by atoms with Gasteiger partial charge in [0.1, 0.15) is 0 Å². The Morgan fingerprint density at radius 2 is 2.00 bits per heavy atom. The number of carbonyl (C=O) groups is 1. The van der Waals surface area contributed by atoms with Crippen molar-refractivity contribution >= 4 is 5.91 Å². The molecule has 1 N–H and O–H groups in total. The SMILES string of the molecule is CN1NC(=O)CC12CCCCC2. The average molecular weight is 168 g/mol. The van der Waals surface area contributed by atoms with Crippen molar-refractivity contribution in [3.05, 3.63) is 0 Å². The van der Waals surface area contributed by atoms with E-state index in [0.29, 0.717) is 6.42 Å². The molecule has 1 spiro atoms.